The second-order valence-corrected chi connectivity index (χ2v) is 16.3. The smallest absolute Gasteiger partial charge is 0.306 e. The highest BCUT2D eigenvalue weighted by Gasteiger charge is 2.24. The lowest BCUT2D eigenvalue weighted by atomic mass is 9.79. The molecule has 0 bridgehead atoms. The van der Waals surface area contributed by atoms with E-state index < -0.39 is 0 Å². The van der Waals surface area contributed by atoms with Gasteiger partial charge in [0.15, 0.2) is 0 Å². The van der Waals surface area contributed by atoms with Gasteiger partial charge in [-0.05, 0) is 114 Å². The molecule has 2 saturated heterocycles. The molecule has 2 aliphatic heterocycles. The van der Waals surface area contributed by atoms with Gasteiger partial charge in [-0.25, -0.2) is 0 Å². The lowest BCUT2D eigenvalue weighted by Gasteiger charge is -2.32. The second kappa shape index (κ2) is 32.5. The molecular weight excluding hydrogens is 689 g/mol. The molecule has 2 unspecified atom stereocenters. The summed E-state index contributed by atoms with van der Waals surface area (Å²) in [4.78, 5) is 43.2. The third kappa shape index (κ3) is 24.6. The molecule has 2 aliphatic rings. The van der Waals surface area contributed by atoms with E-state index in [1.807, 2.05) is 0 Å². The summed E-state index contributed by atoms with van der Waals surface area (Å²) in [5.41, 5.74) is 10.4. The first kappa shape index (κ1) is 48.6. The molecule has 0 aliphatic carbocycles. The molecular formula is C47H80N2O6. The highest BCUT2D eigenvalue weighted by Crippen LogP contribution is 2.33. The van der Waals surface area contributed by atoms with Gasteiger partial charge in [0.1, 0.15) is 6.10 Å². The second-order valence-electron chi connectivity index (χ2n) is 16.3. The number of allylic oxidation sites excluding steroid dienone is 1. The largest absolute Gasteiger partial charge is 0.466 e. The number of hydrogen-bond acceptors (Lipinski definition) is 8. The number of esters is 3. The quantitative estimate of drug-likeness (QED) is 0.0792. The molecule has 2 heterocycles. The van der Waals surface area contributed by atoms with Crippen LogP contribution in [0.3, 0.4) is 0 Å². The third-order valence-corrected chi connectivity index (χ3v) is 11.5. The lowest BCUT2D eigenvalue weighted by molar-refractivity contribution is -0.150. The number of nitrogens with zero attached hydrogens (tertiary/aromatic N) is 2. The van der Waals surface area contributed by atoms with E-state index in [-0.39, 0.29) is 35.8 Å². The fourth-order valence-electron chi connectivity index (χ4n) is 7.99. The van der Waals surface area contributed by atoms with E-state index >= 15 is 0 Å². The molecule has 2 rings (SSSR count). The van der Waals surface area contributed by atoms with Crippen LogP contribution in [-0.4, -0.2) is 86.8 Å². The minimum absolute atomic E-state index is 0.0325. The summed E-state index contributed by atoms with van der Waals surface area (Å²) in [5.74, 6) is 0.129. The predicted molar refractivity (Wildman–Crippen MR) is 224 cm³/mol. The molecule has 2 fully saturated rings. The Hall–Kier alpha value is -2.59. The first-order chi connectivity index (χ1) is 26.9. The Morgan fingerprint density at radius 3 is 1.73 bits per heavy atom. The zero-order valence-electron chi connectivity index (χ0n) is 35.6. The van der Waals surface area contributed by atoms with Crippen molar-refractivity contribution in [3.8, 4) is 0 Å². The van der Waals surface area contributed by atoms with Crippen molar-refractivity contribution in [3.05, 3.63) is 29.3 Å². The van der Waals surface area contributed by atoms with Crippen LogP contribution >= 0.6 is 0 Å². The Kier molecular flexibility index (Phi) is 28.7. The van der Waals surface area contributed by atoms with Crippen molar-refractivity contribution in [2.75, 3.05) is 53.0 Å². The summed E-state index contributed by atoms with van der Waals surface area (Å²) in [5, 5.41) is 0. The molecule has 8 heteroatoms. The maximum atomic E-state index is 12.9. The highest BCUT2D eigenvalue weighted by molar-refractivity contribution is 5.70. The molecule has 314 valence electrons. The van der Waals surface area contributed by atoms with Crippen LogP contribution in [0.2, 0.25) is 0 Å². The van der Waals surface area contributed by atoms with Crippen molar-refractivity contribution >= 4 is 17.9 Å². The Morgan fingerprint density at radius 1 is 0.709 bits per heavy atom. The number of carbonyl (C=O) groups is 3. The average molecular weight is 769 g/mol. The maximum Gasteiger partial charge on any atom is 0.306 e. The number of cyclic esters (lactones) is 2. The maximum absolute atomic E-state index is 12.9. The molecule has 0 amide bonds. The van der Waals surface area contributed by atoms with Gasteiger partial charge >= 0.3 is 17.9 Å². The van der Waals surface area contributed by atoms with E-state index in [4.69, 9.17) is 14.2 Å². The summed E-state index contributed by atoms with van der Waals surface area (Å²) < 4.78 is 17.7. The molecule has 0 aromatic heterocycles. The van der Waals surface area contributed by atoms with E-state index in [9.17, 15) is 14.4 Å². The number of carbonyl (C=O) groups excluding carboxylic acids is 3. The van der Waals surface area contributed by atoms with Crippen molar-refractivity contribution in [1.29, 1.82) is 0 Å². The molecule has 55 heavy (non-hydrogen) atoms. The Morgan fingerprint density at radius 2 is 1.22 bits per heavy atom. The number of rotatable bonds is 13. The van der Waals surface area contributed by atoms with Crippen molar-refractivity contribution in [2.45, 2.75) is 187 Å². The molecule has 0 aromatic carbocycles. The Labute approximate surface area is 336 Å². The minimum Gasteiger partial charge on any atom is -0.466 e. The van der Waals surface area contributed by atoms with E-state index in [0.29, 0.717) is 32.5 Å². The Balaban J connectivity index is 2.00. The van der Waals surface area contributed by atoms with Gasteiger partial charge in [0.05, 0.1) is 13.2 Å². The van der Waals surface area contributed by atoms with E-state index in [0.717, 1.165) is 180 Å². The SMILES string of the molecule is C=C=C=C=C1C(CCCCC)CCOC(=O)CCCCCCCC(OC(=O)CCCN2CCN(C)CC2)CCCCCCCC(=O)OCCC1CCCCC. The van der Waals surface area contributed by atoms with Crippen LogP contribution in [0.1, 0.15) is 181 Å². The summed E-state index contributed by atoms with van der Waals surface area (Å²) in [6, 6.07) is 0. The Bertz CT molecular complexity index is 1110. The van der Waals surface area contributed by atoms with Gasteiger partial charge in [0, 0.05) is 45.4 Å². The van der Waals surface area contributed by atoms with E-state index in [1.165, 1.54) is 5.57 Å². The number of piperazine rings is 1. The van der Waals surface area contributed by atoms with Crippen LogP contribution in [0.25, 0.3) is 0 Å². The van der Waals surface area contributed by atoms with Crippen LogP contribution in [0.5, 0.6) is 0 Å². The summed E-state index contributed by atoms with van der Waals surface area (Å²) in [6.45, 7) is 14.2. The molecule has 0 aromatic rings. The van der Waals surface area contributed by atoms with E-state index in [1.54, 1.807) is 0 Å². The van der Waals surface area contributed by atoms with Gasteiger partial charge in [-0.2, -0.15) is 0 Å². The average Bonchev–Trinajstić information content (AvgIpc) is 3.17. The molecule has 0 spiro atoms. The molecule has 8 nitrogen and oxygen atoms in total. The number of ether oxygens (including phenoxy) is 3. The molecule has 0 radical (unpaired) electrons. The van der Waals surface area contributed by atoms with Crippen LogP contribution in [-0.2, 0) is 28.6 Å². The lowest BCUT2D eigenvalue weighted by Crippen LogP contribution is -2.44. The van der Waals surface area contributed by atoms with Gasteiger partial charge < -0.3 is 24.0 Å². The minimum atomic E-state index is -0.119. The summed E-state index contributed by atoms with van der Waals surface area (Å²) in [7, 11) is 2.16. The van der Waals surface area contributed by atoms with Crippen LogP contribution in [0.15, 0.2) is 29.3 Å². The van der Waals surface area contributed by atoms with Crippen molar-refractivity contribution in [1.82, 2.24) is 9.80 Å². The summed E-state index contributed by atoms with van der Waals surface area (Å²) in [6.07, 6.45) is 24.3. The number of hydrogen-bond donors (Lipinski definition) is 0. The zero-order chi connectivity index (χ0) is 39.8. The fraction of sp³-hybridized carbons (Fsp3) is 0.830. The highest BCUT2D eigenvalue weighted by atomic mass is 16.5. The first-order valence-electron chi connectivity index (χ1n) is 22.7. The fourth-order valence-corrected chi connectivity index (χ4v) is 7.99. The standard InChI is InChI=1S/C47H80N2O6/c1-5-8-17-24-41-32-39-53-45(50)29-21-15-11-13-19-26-43(55-47(52)31-23-34-49-37-35-48(4)36-38-49)27-20-14-12-16-22-30-46(51)54-40-33-42(25-18-9-6-2)44(41)28-10-7-3/h41-43H,3,5-6,8-9,11-27,29-40H2,1-2,4H3. The monoisotopic (exact) mass is 769 g/mol. The third-order valence-electron chi connectivity index (χ3n) is 11.5. The van der Waals surface area contributed by atoms with Crippen molar-refractivity contribution < 1.29 is 28.6 Å². The van der Waals surface area contributed by atoms with Gasteiger partial charge in [-0.15, -0.1) is 0 Å². The topological polar surface area (TPSA) is 85.4 Å². The van der Waals surface area contributed by atoms with Crippen molar-refractivity contribution in [2.24, 2.45) is 11.8 Å². The predicted octanol–water partition coefficient (Wildman–Crippen LogP) is 10.7. The zero-order valence-corrected chi connectivity index (χ0v) is 35.6. The molecule has 2 atom stereocenters. The van der Waals surface area contributed by atoms with Gasteiger partial charge in [-0.3, -0.25) is 14.4 Å². The van der Waals surface area contributed by atoms with Crippen LogP contribution in [0, 0.1) is 11.8 Å². The molecule has 0 saturated carbocycles. The first-order valence-corrected chi connectivity index (χ1v) is 22.7. The molecule has 0 N–H and O–H groups in total. The van der Waals surface area contributed by atoms with Gasteiger partial charge in [-0.1, -0.05) is 102 Å². The van der Waals surface area contributed by atoms with Gasteiger partial charge in [0.25, 0.3) is 0 Å². The van der Waals surface area contributed by atoms with Crippen LogP contribution in [0.4, 0.5) is 0 Å². The van der Waals surface area contributed by atoms with Crippen molar-refractivity contribution in [3.63, 3.8) is 0 Å². The van der Waals surface area contributed by atoms with E-state index in [2.05, 4.69) is 54.5 Å². The number of likely N-dealkylation sites (N-methyl/N-ethyl adjacent to an activating group) is 1. The number of unbranched alkanes of at least 4 members (excludes halogenated alkanes) is 4. The normalized spacial score (nSPS) is 23.4. The summed E-state index contributed by atoms with van der Waals surface area (Å²) >= 11 is 0. The van der Waals surface area contributed by atoms with Crippen LogP contribution < -0.4 is 0 Å². The van der Waals surface area contributed by atoms with Gasteiger partial charge in [0.2, 0.25) is 0 Å².